The van der Waals surface area contributed by atoms with E-state index in [2.05, 4.69) is 9.97 Å². The minimum atomic E-state index is -0.406. The number of benzene rings is 1. The number of halogens is 1. The molecule has 1 spiro atoms. The predicted molar refractivity (Wildman–Crippen MR) is 94.2 cm³/mol. The lowest BCUT2D eigenvalue weighted by atomic mass is 9.87. The molecule has 0 saturated heterocycles. The van der Waals surface area contributed by atoms with Crippen LogP contribution in [-0.4, -0.2) is 33.6 Å². The Balaban J connectivity index is 1.78. The van der Waals surface area contributed by atoms with Gasteiger partial charge in [-0.1, -0.05) is 12.1 Å². The molecular weight excluding hydrogens is 333 g/mol. The van der Waals surface area contributed by atoms with Crippen LogP contribution in [0.4, 0.5) is 9.18 Å². The van der Waals surface area contributed by atoms with Gasteiger partial charge in [0, 0.05) is 29.0 Å². The molecule has 3 heterocycles. The van der Waals surface area contributed by atoms with E-state index in [9.17, 15) is 9.18 Å². The van der Waals surface area contributed by atoms with E-state index in [1.807, 2.05) is 18.3 Å². The quantitative estimate of drug-likeness (QED) is 0.722. The average molecular weight is 351 g/mol. The molecule has 1 unspecified atom stereocenters. The van der Waals surface area contributed by atoms with Gasteiger partial charge in [0.15, 0.2) is 0 Å². The summed E-state index contributed by atoms with van der Waals surface area (Å²) in [5.41, 5.74) is 3.54. The first-order chi connectivity index (χ1) is 12.6. The summed E-state index contributed by atoms with van der Waals surface area (Å²) in [4.78, 5) is 22.2. The van der Waals surface area contributed by atoms with Gasteiger partial charge in [0.25, 0.3) is 0 Å². The van der Waals surface area contributed by atoms with Crippen LogP contribution >= 0.6 is 0 Å². The topological polar surface area (TPSA) is 58.2 Å². The van der Waals surface area contributed by atoms with E-state index in [-0.39, 0.29) is 17.4 Å². The van der Waals surface area contributed by atoms with E-state index in [4.69, 9.17) is 4.74 Å². The highest BCUT2D eigenvalue weighted by molar-refractivity contribution is 5.86. The van der Waals surface area contributed by atoms with Gasteiger partial charge in [0.2, 0.25) is 0 Å². The van der Waals surface area contributed by atoms with Gasteiger partial charge in [0.1, 0.15) is 11.9 Å². The Hall–Kier alpha value is -2.89. The highest BCUT2D eigenvalue weighted by atomic mass is 19.1. The lowest BCUT2D eigenvalue weighted by molar-refractivity contribution is 0.0751. The minimum absolute atomic E-state index is 0.262. The summed E-state index contributed by atoms with van der Waals surface area (Å²) in [6, 6.07) is 7.97. The van der Waals surface area contributed by atoms with E-state index in [0.29, 0.717) is 0 Å². The van der Waals surface area contributed by atoms with Crippen molar-refractivity contribution in [3.8, 4) is 0 Å². The van der Waals surface area contributed by atoms with Crippen molar-refractivity contribution < 1.29 is 13.9 Å². The Morgan fingerprint density at radius 3 is 2.96 bits per heavy atom. The smallest absolute Gasteiger partial charge is 0.410 e. The van der Waals surface area contributed by atoms with Crippen molar-refractivity contribution >= 4 is 17.0 Å². The van der Waals surface area contributed by atoms with E-state index < -0.39 is 6.04 Å². The summed E-state index contributed by atoms with van der Waals surface area (Å²) >= 11 is 0. The molecule has 1 aliphatic heterocycles. The van der Waals surface area contributed by atoms with E-state index in [1.165, 1.54) is 24.8 Å². The van der Waals surface area contributed by atoms with Crippen molar-refractivity contribution in [1.82, 2.24) is 14.9 Å². The van der Waals surface area contributed by atoms with E-state index in [0.717, 1.165) is 41.4 Å². The number of nitrogens with zero attached hydrogens (tertiary/aromatic N) is 2. The first-order valence-electron chi connectivity index (χ1n) is 8.70. The third-order valence-corrected chi connectivity index (χ3v) is 5.65. The molecule has 1 aliphatic carbocycles. The summed E-state index contributed by atoms with van der Waals surface area (Å²) in [6.07, 6.45) is 5.82. The Kier molecular flexibility index (Phi) is 3.13. The Labute approximate surface area is 149 Å². The lowest BCUT2D eigenvalue weighted by Gasteiger charge is -2.42. The summed E-state index contributed by atoms with van der Waals surface area (Å²) in [5, 5.41) is 1.07. The van der Waals surface area contributed by atoms with Crippen molar-refractivity contribution in [2.24, 2.45) is 0 Å². The monoisotopic (exact) mass is 351 g/mol. The summed E-state index contributed by atoms with van der Waals surface area (Å²) in [6.45, 7) is 0. The van der Waals surface area contributed by atoms with E-state index >= 15 is 0 Å². The zero-order valence-corrected chi connectivity index (χ0v) is 14.3. The fourth-order valence-electron chi connectivity index (χ4n) is 4.30. The van der Waals surface area contributed by atoms with Crippen molar-refractivity contribution in [2.45, 2.75) is 30.8 Å². The number of carbonyl (C=O) groups excluding carboxylic acids is 1. The molecule has 1 saturated carbocycles. The van der Waals surface area contributed by atoms with Crippen LogP contribution in [0.1, 0.15) is 35.7 Å². The van der Waals surface area contributed by atoms with Crippen LogP contribution in [0, 0.1) is 5.82 Å². The minimum Gasteiger partial charge on any atom is -0.453 e. The number of ether oxygens (including phenoxy) is 1. The molecule has 3 aromatic rings. The Morgan fingerprint density at radius 1 is 1.38 bits per heavy atom. The van der Waals surface area contributed by atoms with Gasteiger partial charge >= 0.3 is 6.09 Å². The molecule has 5 nitrogen and oxygen atoms in total. The fraction of sp³-hybridized carbons (Fsp3) is 0.300. The summed E-state index contributed by atoms with van der Waals surface area (Å²) in [5.74, 6) is -0.318. The van der Waals surface area contributed by atoms with Crippen molar-refractivity contribution in [3.05, 3.63) is 65.4 Å². The van der Waals surface area contributed by atoms with Crippen LogP contribution in [-0.2, 0) is 11.2 Å². The predicted octanol–water partition coefficient (Wildman–Crippen LogP) is 3.95. The number of hydrogen-bond acceptors (Lipinski definition) is 3. The number of nitrogens with one attached hydrogen (secondary N) is 1. The van der Waals surface area contributed by atoms with Gasteiger partial charge in [-0.15, -0.1) is 0 Å². The molecular formula is C20H18FN3O2. The van der Waals surface area contributed by atoms with Gasteiger partial charge in [-0.3, -0.25) is 9.88 Å². The molecule has 1 atom stereocenters. The largest absolute Gasteiger partial charge is 0.453 e. The van der Waals surface area contributed by atoms with Crippen LogP contribution in [0.15, 0.2) is 42.7 Å². The maximum absolute atomic E-state index is 14.0. The second-order valence-electron chi connectivity index (χ2n) is 7.14. The molecule has 0 bridgehead atoms. The van der Waals surface area contributed by atoms with Gasteiger partial charge in [-0.05, 0) is 48.6 Å². The van der Waals surface area contributed by atoms with Gasteiger partial charge in [0.05, 0.1) is 12.6 Å². The highest BCUT2D eigenvalue weighted by Gasteiger charge is 2.57. The van der Waals surface area contributed by atoms with Gasteiger partial charge < -0.3 is 9.72 Å². The SMILES string of the molecule is COC(=O)N1C(c2cccc(F)c2)c2[nH]c3ccncc3c2CC12CC2. The first kappa shape index (κ1) is 15.4. The second kappa shape index (κ2) is 5.30. The van der Waals surface area contributed by atoms with Crippen LogP contribution in [0.25, 0.3) is 10.9 Å². The molecule has 1 amide bonds. The number of rotatable bonds is 1. The third kappa shape index (κ3) is 2.08. The Morgan fingerprint density at radius 2 is 2.23 bits per heavy atom. The van der Waals surface area contributed by atoms with Crippen molar-refractivity contribution in [2.75, 3.05) is 7.11 Å². The normalized spacial score (nSPS) is 20.2. The number of aromatic nitrogens is 2. The molecule has 2 aliphatic rings. The molecule has 0 radical (unpaired) electrons. The van der Waals surface area contributed by atoms with Crippen LogP contribution < -0.4 is 0 Å². The molecule has 1 fully saturated rings. The summed E-state index contributed by atoms with van der Waals surface area (Å²) < 4.78 is 19.1. The molecule has 1 aromatic carbocycles. The number of aromatic amines is 1. The summed E-state index contributed by atoms with van der Waals surface area (Å²) in [7, 11) is 1.39. The van der Waals surface area contributed by atoms with Crippen molar-refractivity contribution in [3.63, 3.8) is 0 Å². The fourth-order valence-corrected chi connectivity index (χ4v) is 4.30. The molecule has 6 heteroatoms. The van der Waals surface area contributed by atoms with Crippen molar-refractivity contribution in [1.29, 1.82) is 0 Å². The van der Waals surface area contributed by atoms with Gasteiger partial charge in [-0.25, -0.2) is 9.18 Å². The number of hydrogen-bond donors (Lipinski definition) is 1. The third-order valence-electron chi connectivity index (χ3n) is 5.65. The number of amides is 1. The molecule has 1 N–H and O–H groups in total. The number of pyridine rings is 1. The highest BCUT2D eigenvalue weighted by Crippen LogP contribution is 2.55. The van der Waals surface area contributed by atoms with Crippen LogP contribution in [0.5, 0.6) is 0 Å². The number of methoxy groups -OCH3 is 1. The maximum atomic E-state index is 14.0. The van der Waals surface area contributed by atoms with E-state index in [1.54, 1.807) is 17.2 Å². The molecule has 26 heavy (non-hydrogen) atoms. The van der Waals surface area contributed by atoms with Crippen LogP contribution in [0.2, 0.25) is 0 Å². The Bertz CT molecular complexity index is 1020. The van der Waals surface area contributed by atoms with Gasteiger partial charge in [-0.2, -0.15) is 0 Å². The standard InChI is InChI=1S/C20H18FN3O2/c1-26-19(25)24-18(12-3-2-4-13(21)9-12)17-14(10-20(24)6-7-20)15-11-22-8-5-16(15)23-17/h2-5,8-9,11,18,23H,6-7,10H2,1H3. The number of carbonyl (C=O) groups is 1. The first-order valence-corrected chi connectivity index (χ1v) is 8.70. The maximum Gasteiger partial charge on any atom is 0.410 e. The zero-order chi connectivity index (χ0) is 17.9. The number of fused-ring (bicyclic) bond motifs is 3. The molecule has 132 valence electrons. The second-order valence-corrected chi connectivity index (χ2v) is 7.14. The molecule has 2 aromatic heterocycles. The van der Waals surface area contributed by atoms with Crippen LogP contribution in [0.3, 0.4) is 0 Å². The zero-order valence-electron chi connectivity index (χ0n) is 14.3. The number of H-pyrrole nitrogens is 1. The molecule has 5 rings (SSSR count). The lowest BCUT2D eigenvalue weighted by Crippen LogP contribution is -2.49. The average Bonchev–Trinajstić information content (AvgIpc) is 3.32.